The third-order valence-corrected chi connectivity index (χ3v) is 8.01. The molecule has 1 aliphatic rings. The van der Waals surface area contributed by atoms with Gasteiger partial charge < -0.3 is 15.6 Å². The van der Waals surface area contributed by atoms with Gasteiger partial charge in [0.05, 0.1) is 5.75 Å². The highest BCUT2D eigenvalue weighted by Gasteiger charge is 2.23. The number of para-hydroxylation sites is 1. The summed E-state index contributed by atoms with van der Waals surface area (Å²) in [5, 5.41) is 7.66. The van der Waals surface area contributed by atoms with Gasteiger partial charge in [-0.2, -0.15) is 11.8 Å². The van der Waals surface area contributed by atoms with Gasteiger partial charge in [0.1, 0.15) is 0 Å². The van der Waals surface area contributed by atoms with E-state index in [4.69, 9.17) is 0 Å². The zero-order chi connectivity index (χ0) is 20.7. The van der Waals surface area contributed by atoms with Crippen LogP contribution >= 0.6 is 11.8 Å². The fraction of sp³-hybridized carbons (Fsp3) is 0.550. The topological polar surface area (TPSA) is 89.6 Å². The van der Waals surface area contributed by atoms with Crippen LogP contribution in [-0.4, -0.2) is 74.2 Å². The molecule has 1 aliphatic heterocycles. The van der Waals surface area contributed by atoms with Crippen molar-refractivity contribution in [3.05, 3.63) is 35.5 Å². The third-order valence-electron chi connectivity index (χ3n) is 5.19. The van der Waals surface area contributed by atoms with Crippen molar-refractivity contribution in [1.82, 2.24) is 19.9 Å². The van der Waals surface area contributed by atoms with Gasteiger partial charge in [0, 0.05) is 61.8 Å². The van der Waals surface area contributed by atoms with E-state index in [1.54, 1.807) is 23.1 Å². The maximum atomic E-state index is 12.4. The van der Waals surface area contributed by atoms with E-state index in [0.717, 1.165) is 30.9 Å². The minimum Gasteiger partial charge on any atom is -0.361 e. The van der Waals surface area contributed by atoms with Crippen LogP contribution in [0, 0.1) is 0 Å². The van der Waals surface area contributed by atoms with Crippen molar-refractivity contribution in [2.24, 2.45) is 4.99 Å². The summed E-state index contributed by atoms with van der Waals surface area (Å²) in [5.74, 6) is 2.47. The Morgan fingerprint density at radius 2 is 1.97 bits per heavy atom. The van der Waals surface area contributed by atoms with Gasteiger partial charge in [-0.3, -0.25) is 4.99 Å². The summed E-state index contributed by atoms with van der Waals surface area (Å²) in [6.07, 6.45) is 3.94. The molecule has 1 aromatic carbocycles. The van der Waals surface area contributed by atoms with Crippen LogP contribution in [0.1, 0.15) is 18.1 Å². The number of H-pyrrole nitrogens is 1. The molecule has 160 valence electrons. The lowest BCUT2D eigenvalue weighted by Gasteiger charge is -2.25. The summed E-state index contributed by atoms with van der Waals surface area (Å²) >= 11 is 1.80. The maximum Gasteiger partial charge on any atom is 0.215 e. The molecule has 1 saturated heterocycles. The second kappa shape index (κ2) is 10.4. The number of guanidine groups is 1. The minimum atomic E-state index is -3.20. The smallest absolute Gasteiger partial charge is 0.215 e. The number of hydrogen-bond acceptors (Lipinski definition) is 4. The van der Waals surface area contributed by atoms with E-state index in [0.29, 0.717) is 25.6 Å². The molecule has 29 heavy (non-hydrogen) atoms. The minimum absolute atomic E-state index is 0.0839. The Bertz CT molecular complexity index is 933. The van der Waals surface area contributed by atoms with E-state index in [1.165, 1.54) is 22.0 Å². The molecule has 3 rings (SSSR count). The zero-order valence-electron chi connectivity index (χ0n) is 17.2. The van der Waals surface area contributed by atoms with Crippen molar-refractivity contribution < 1.29 is 8.42 Å². The monoisotopic (exact) mass is 437 g/mol. The highest BCUT2D eigenvalue weighted by molar-refractivity contribution is 7.99. The molecule has 0 saturated carbocycles. The van der Waals surface area contributed by atoms with Crippen LogP contribution in [0.5, 0.6) is 0 Å². The summed E-state index contributed by atoms with van der Waals surface area (Å²) < 4.78 is 26.4. The number of nitrogens with zero attached hydrogens (tertiary/aromatic N) is 2. The van der Waals surface area contributed by atoms with Gasteiger partial charge in [0.2, 0.25) is 10.0 Å². The SMILES string of the molecule is CCc1cccc2c(CCNC(=NC)NCCS(=O)(=O)N3CCSCC3)c[nH]c12. The first-order chi connectivity index (χ1) is 14.0. The molecule has 0 aliphatic carbocycles. The van der Waals surface area contributed by atoms with Crippen molar-refractivity contribution in [1.29, 1.82) is 0 Å². The molecule has 0 radical (unpaired) electrons. The Hall–Kier alpha value is -1.71. The number of rotatable bonds is 8. The normalized spacial score (nSPS) is 16.3. The van der Waals surface area contributed by atoms with Gasteiger partial charge in [-0.25, -0.2) is 12.7 Å². The standard InChI is InChI=1S/C20H31N5O2S2/c1-3-16-5-4-6-18-17(15-24-19(16)18)7-8-22-20(21-2)23-9-14-29(26,27)25-10-12-28-13-11-25/h4-6,15,24H,3,7-14H2,1-2H3,(H2,21,22,23). The van der Waals surface area contributed by atoms with E-state index >= 15 is 0 Å². The van der Waals surface area contributed by atoms with Crippen molar-refractivity contribution in [3.63, 3.8) is 0 Å². The first kappa shape index (κ1) is 22.0. The average Bonchev–Trinajstić information content (AvgIpc) is 3.16. The van der Waals surface area contributed by atoms with Crippen molar-refractivity contribution in [2.45, 2.75) is 19.8 Å². The summed E-state index contributed by atoms with van der Waals surface area (Å²) in [5.41, 5.74) is 3.81. The maximum absolute atomic E-state index is 12.4. The average molecular weight is 438 g/mol. The quantitative estimate of drug-likeness (QED) is 0.433. The predicted molar refractivity (Wildman–Crippen MR) is 123 cm³/mol. The predicted octanol–water partition coefficient (Wildman–Crippen LogP) is 1.82. The van der Waals surface area contributed by atoms with Gasteiger partial charge in [0.25, 0.3) is 0 Å². The molecule has 2 aromatic rings. The molecule has 1 fully saturated rings. The molecule has 0 amide bonds. The van der Waals surface area contributed by atoms with Crippen LogP contribution in [0.25, 0.3) is 10.9 Å². The number of aromatic nitrogens is 1. The lowest BCUT2D eigenvalue weighted by Crippen LogP contribution is -2.44. The zero-order valence-corrected chi connectivity index (χ0v) is 18.8. The van der Waals surface area contributed by atoms with Gasteiger partial charge in [-0.05, 0) is 24.0 Å². The molecule has 0 bridgehead atoms. The van der Waals surface area contributed by atoms with E-state index in [9.17, 15) is 8.42 Å². The van der Waals surface area contributed by atoms with Crippen LogP contribution in [-0.2, 0) is 22.9 Å². The highest BCUT2D eigenvalue weighted by atomic mass is 32.2. The molecule has 0 atom stereocenters. The molecule has 9 heteroatoms. The van der Waals surface area contributed by atoms with E-state index < -0.39 is 10.0 Å². The Morgan fingerprint density at radius 1 is 1.21 bits per heavy atom. The van der Waals surface area contributed by atoms with E-state index in [2.05, 4.69) is 51.9 Å². The fourth-order valence-electron chi connectivity index (χ4n) is 3.57. The van der Waals surface area contributed by atoms with E-state index in [-0.39, 0.29) is 5.75 Å². The largest absolute Gasteiger partial charge is 0.361 e. The van der Waals surface area contributed by atoms with Crippen LogP contribution < -0.4 is 10.6 Å². The van der Waals surface area contributed by atoms with Crippen LogP contribution in [0.4, 0.5) is 0 Å². The molecule has 7 nitrogen and oxygen atoms in total. The Morgan fingerprint density at radius 3 is 2.69 bits per heavy atom. The van der Waals surface area contributed by atoms with Gasteiger partial charge in [-0.15, -0.1) is 0 Å². The first-order valence-electron chi connectivity index (χ1n) is 10.1. The highest BCUT2D eigenvalue weighted by Crippen LogP contribution is 2.22. The van der Waals surface area contributed by atoms with Crippen molar-refractivity contribution >= 4 is 38.6 Å². The second-order valence-corrected chi connectivity index (χ2v) is 10.3. The number of thioether (sulfide) groups is 1. The summed E-state index contributed by atoms with van der Waals surface area (Å²) in [6.45, 7) is 4.46. The van der Waals surface area contributed by atoms with Crippen molar-refractivity contribution in [3.8, 4) is 0 Å². The molecule has 0 spiro atoms. The molecule has 0 unspecified atom stereocenters. The number of aliphatic imine (C=N–C) groups is 1. The number of benzene rings is 1. The van der Waals surface area contributed by atoms with Crippen LogP contribution in [0.15, 0.2) is 29.4 Å². The summed E-state index contributed by atoms with van der Waals surface area (Å²) in [6, 6.07) is 6.41. The molecule has 3 N–H and O–H groups in total. The fourth-order valence-corrected chi connectivity index (χ4v) is 6.06. The second-order valence-electron chi connectivity index (χ2n) is 7.01. The molecule has 1 aromatic heterocycles. The Balaban J connectivity index is 1.46. The third kappa shape index (κ3) is 5.67. The Labute approximate surface area is 177 Å². The number of fused-ring (bicyclic) bond motifs is 1. The number of hydrogen-bond donors (Lipinski definition) is 3. The summed E-state index contributed by atoms with van der Waals surface area (Å²) in [4.78, 5) is 7.60. The lowest BCUT2D eigenvalue weighted by molar-refractivity contribution is 0.443. The first-order valence-corrected chi connectivity index (χ1v) is 12.9. The van der Waals surface area contributed by atoms with Gasteiger partial charge >= 0.3 is 0 Å². The van der Waals surface area contributed by atoms with Gasteiger partial charge in [-0.1, -0.05) is 25.1 Å². The van der Waals surface area contributed by atoms with Crippen molar-refractivity contribution in [2.75, 3.05) is 50.5 Å². The van der Waals surface area contributed by atoms with Gasteiger partial charge in [0.15, 0.2) is 5.96 Å². The number of sulfonamides is 1. The number of nitrogens with one attached hydrogen (secondary N) is 3. The number of aromatic amines is 1. The summed E-state index contributed by atoms with van der Waals surface area (Å²) in [7, 11) is -1.50. The van der Waals surface area contributed by atoms with Crippen LogP contribution in [0.3, 0.4) is 0 Å². The molecular weight excluding hydrogens is 406 g/mol. The lowest BCUT2D eigenvalue weighted by atomic mass is 10.1. The molecule has 2 heterocycles. The molecular formula is C20H31N5O2S2. The number of aryl methyl sites for hydroxylation is 1. The van der Waals surface area contributed by atoms with E-state index in [1.807, 2.05) is 0 Å². The van der Waals surface area contributed by atoms with Crippen LogP contribution in [0.2, 0.25) is 0 Å². The Kier molecular flexibility index (Phi) is 7.85.